The van der Waals surface area contributed by atoms with Crippen LogP contribution in [-0.2, 0) is 0 Å². The molecule has 2 fully saturated rings. The molecule has 3 heterocycles. The summed E-state index contributed by atoms with van der Waals surface area (Å²) in [5.41, 5.74) is 6.09. The van der Waals surface area contributed by atoms with E-state index in [0.29, 0.717) is 28.2 Å². The Labute approximate surface area is 178 Å². The molecule has 0 aromatic carbocycles. The number of anilines is 1. The largest absolute Gasteiger partial charge is 0.477 e. The first-order chi connectivity index (χ1) is 13.5. The number of hydrogen-bond donors (Lipinski definition) is 2. The molecule has 0 amide bonds. The highest BCUT2D eigenvalue weighted by molar-refractivity contribution is 6.37. The summed E-state index contributed by atoms with van der Waals surface area (Å²) in [6.07, 6.45) is 10.0. The van der Waals surface area contributed by atoms with E-state index in [0.717, 1.165) is 32.4 Å². The zero-order valence-corrected chi connectivity index (χ0v) is 17.2. The van der Waals surface area contributed by atoms with E-state index in [1.807, 2.05) is 4.57 Å². The van der Waals surface area contributed by atoms with E-state index in [1.54, 1.807) is 0 Å². The third-order valence-corrected chi connectivity index (χ3v) is 6.56. The highest BCUT2D eigenvalue weighted by atomic mass is 35.5. The Balaban J connectivity index is 0.00000205. The molecule has 2 aromatic heterocycles. The summed E-state index contributed by atoms with van der Waals surface area (Å²) in [6.45, 7) is 1.56. The first-order valence-corrected chi connectivity index (χ1v) is 9.97. The van der Waals surface area contributed by atoms with E-state index >= 15 is 0 Å². The number of aromatic carboxylic acids is 1. The molecule has 1 saturated heterocycles. The number of carbonyl (C=O) groups is 1. The molecule has 3 N–H and O–H groups in total. The Morgan fingerprint density at radius 2 is 2.07 bits per heavy atom. The molecule has 7 nitrogen and oxygen atoms in total. The van der Waals surface area contributed by atoms with E-state index in [9.17, 15) is 14.7 Å². The lowest BCUT2D eigenvalue weighted by Crippen LogP contribution is -2.36. The summed E-state index contributed by atoms with van der Waals surface area (Å²) >= 11 is 6.78. The number of fused-ring (bicyclic) bond motifs is 2. The number of carboxylic acid groups (broad SMARTS) is 1. The Bertz CT molecular complexity index is 1080. The topological polar surface area (TPSA) is 101 Å². The van der Waals surface area contributed by atoms with Crippen molar-refractivity contribution in [2.45, 2.75) is 31.3 Å². The normalized spacial score (nSPS) is 25.7. The molecule has 154 valence electrons. The number of halogens is 2. The zero-order chi connectivity index (χ0) is 19.6. The Hall–Kier alpha value is -2.09. The number of carboxylic acids is 1. The third kappa shape index (κ3) is 3.21. The van der Waals surface area contributed by atoms with Gasteiger partial charge < -0.3 is 20.3 Å². The summed E-state index contributed by atoms with van der Waals surface area (Å²) in [4.78, 5) is 30.8. The van der Waals surface area contributed by atoms with Crippen LogP contribution in [0.2, 0.25) is 5.02 Å². The lowest BCUT2D eigenvalue weighted by Gasteiger charge is -2.25. The van der Waals surface area contributed by atoms with Crippen molar-refractivity contribution in [1.82, 2.24) is 9.55 Å². The third-order valence-electron chi connectivity index (χ3n) is 6.21. The molecule has 0 spiro atoms. The molecule has 1 saturated carbocycles. The summed E-state index contributed by atoms with van der Waals surface area (Å²) in [5, 5.41) is 10.1. The van der Waals surface area contributed by atoms with Gasteiger partial charge in [-0.3, -0.25) is 4.79 Å². The molecule has 1 unspecified atom stereocenters. The van der Waals surface area contributed by atoms with E-state index in [1.165, 1.54) is 12.4 Å². The number of nitrogens with two attached hydrogens (primary N) is 1. The summed E-state index contributed by atoms with van der Waals surface area (Å²) in [5.74, 6) is 0.142. The van der Waals surface area contributed by atoms with Gasteiger partial charge in [-0.25, -0.2) is 9.78 Å². The smallest absolute Gasteiger partial charge is 0.341 e. The van der Waals surface area contributed by atoms with Crippen molar-refractivity contribution < 1.29 is 9.90 Å². The number of aromatic nitrogens is 2. The molecular formula is C20H22Cl2N4O3. The van der Waals surface area contributed by atoms with Crippen molar-refractivity contribution in [3.05, 3.63) is 45.4 Å². The SMILES string of the molecule is Cl.N[C@@H]1CC=CC2CN(c3ncc4c(=O)c(C(=O)O)cn(C5CC5)c4c3Cl)C[C@@H]21. The predicted octanol–water partition coefficient (Wildman–Crippen LogP) is 2.84. The fraction of sp³-hybridized carbons (Fsp3) is 0.450. The zero-order valence-electron chi connectivity index (χ0n) is 15.6. The molecule has 1 aliphatic heterocycles. The molecule has 2 aromatic rings. The quantitative estimate of drug-likeness (QED) is 0.717. The minimum absolute atomic E-state index is 0. The molecule has 9 heteroatoms. The maximum atomic E-state index is 12.7. The predicted molar refractivity (Wildman–Crippen MR) is 114 cm³/mol. The van der Waals surface area contributed by atoms with Gasteiger partial charge in [0.1, 0.15) is 16.4 Å². The van der Waals surface area contributed by atoms with Crippen LogP contribution in [0.25, 0.3) is 10.9 Å². The highest BCUT2D eigenvalue weighted by Crippen LogP contribution is 2.42. The van der Waals surface area contributed by atoms with E-state index in [4.69, 9.17) is 17.3 Å². The standard InChI is InChI=1S/C20H21ClN4O3.ClH/c21-16-17-12(18(26)14(20(27)28)9-25(17)11-4-5-11)6-23-19(16)24-7-10-2-1-3-15(22)13(10)8-24;/h1-2,6,9-11,13,15H,3-5,7-8,22H2,(H,27,28);1H/t10?,13-,15+;/m0./s1. The van der Waals surface area contributed by atoms with Crippen LogP contribution in [0, 0.1) is 11.8 Å². The Kier molecular flexibility index (Phi) is 5.09. The average Bonchev–Trinajstić information content (AvgIpc) is 3.41. The fourth-order valence-corrected chi connectivity index (χ4v) is 4.94. The lowest BCUT2D eigenvalue weighted by atomic mass is 9.83. The molecule has 3 aliphatic rings. The van der Waals surface area contributed by atoms with Crippen LogP contribution >= 0.6 is 24.0 Å². The van der Waals surface area contributed by atoms with Gasteiger partial charge in [0.05, 0.1) is 10.9 Å². The van der Waals surface area contributed by atoms with Gasteiger partial charge in [-0.15, -0.1) is 12.4 Å². The van der Waals surface area contributed by atoms with Crippen LogP contribution in [0.15, 0.2) is 29.3 Å². The monoisotopic (exact) mass is 436 g/mol. The average molecular weight is 437 g/mol. The van der Waals surface area contributed by atoms with Crippen LogP contribution in [-0.4, -0.2) is 39.8 Å². The minimum Gasteiger partial charge on any atom is -0.477 e. The van der Waals surface area contributed by atoms with Crippen molar-refractivity contribution in [3.63, 3.8) is 0 Å². The molecule has 0 bridgehead atoms. The summed E-state index contributed by atoms with van der Waals surface area (Å²) < 4.78 is 1.85. The number of hydrogen-bond acceptors (Lipinski definition) is 5. The first-order valence-electron chi connectivity index (χ1n) is 9.59. The maximum Gasteiger partial charge on any atom is 0.341 e. The van der Waals surface area contributed by atoms with Crippen molar-refractivity contribution in [2.24, 2.45) is 17.6 Å². The van der Waals surface area contributed by atoms with Gasteiger partial charge in [-0.1, -0.05) is 23.8 Å². The maximum absolute atomic E-state index is 12.7. The number of rotatable bonds is 3. The lowest BCUT2D eigenvalue weighted by molar-refractivity contribution is 0.0695. The first kappa shape index (κ1) is 20.2. The van der Waals surface area contributed by atoms with Gasteiger partial charge >= 0.3 is 5.97 Å². The van der Waals surface area contributed by atoms with Crippen molar-refractivity contribution in [1.29, 1.82) is 0 Å². The van der Waals surface area contributed by atoms with Crippen LogP contribution in [0.3, 0.4) is 0 Å². The van der Waals surface area contributed by atoms with Gasteiger partial charge in [0, 0.05) is 43.5 Å². The highest BCUT2D eigenvalue weighted by Gasteiger charge is 2.38. The molecular weight excluding hydrogens is 415 g/mol. The second-order valence-electron chi connectivity index (χ2n) is 8.03. The Morgan fingerprint density at radius 3 is 2.72 bits per heavy atom. The second-order valence-corrected chi connectivity index (χ2v) is 8.41. The molecule has 3 atom stereocenters. The summed E-state index contributed by atoms with van der Waals surface area (Å²) in [7, 11) is 0. The molecule has 5 rings (SSSR count). The van der Waals surface area contributed by atoms with Crippen LogP contribution < -0.4 is 16.1 Å². The molecule has 29 heavy (non-hydrogen) atoms. The van der Waals surface area contributed by atoms with E-state index in [2.05, 4.69) is 22.0 Å². The van der Waals surface area contributed by atoms with Gasteiger partial charge in [0.15, 0.2) is 0 Å². The van der Waals surface area contributed by atoms with Gasteiger partial charge in [0.2, 0.25) is 5.43 Å². The van der Waals surface area contributed by atoms with E-state index < -0.39 is 11.4 Å². The summed E-state index contributed by atoms with van der Waals surface area (Å²) in [6, 6.07) is 0.300. The van der Waals surface area contributed by atoms with Gasteiger partial charge in [-0.2, -0.15) is 0 Å². The van der Waals surface area contributed by atoms with Gasteiger partial charge in [0.25, 0.3) is 0 Å². The van der Waals surface area contributed by atoms with Gasteiger partial charge in [-0.05, 0) is 25.2 Å². The Morgan fingerprint density at radius 1 is 1.31 bits per heavy atom. The fourth-order valence-electron chi connectivity index (χ4n) is 4.58. The van der Waals surface area contributed by atoms with E-state index in [-0.39, 0.29) is 35.4 Å². The van der Waals surface area contributed by atoms with Crippen molar-refractivity contribution in [2.75, 3.05) is 18.0 Å². The van der Waals surface area contributed by atoms with Crippen LogP contribution in [0.1, 0.15) is 35.7 Å². The molecule has 2 aliphatic carbocycles. The van der Waals surface area contributed by atoms with Crippen molar-refractivity contribution >= 4 is 46.7 Å². The van der Waals surface area contributed by atoms with Crippen molar-refractivity contribution in [3.8, 4) is 0 Å². The minimum atomic E-state index is -1.23. The second kappa shape index (κ2) is 7.31. The van der Waals surface area contributed by atoms with Crippen LogP contribution in [0.5, 0.6) is 0 Å². The number of pyridine rings is 2. The van der Waals surface area contributed by atoms with Crippen LogP contribution in [0.4, 0.5) is 5.82 Å². The molecule has 0 radical (unpaired) electrons. The number of nitrogens with zero attached hydrogens (tertiary/aromatic N) is 3.